The van der Waals surface area contributed by atoms with Gasteiger partial charge in [0.05, 0.1) is 26.9 Å². The number of methoxy groups -OCH3 is 1. The van der Waals surface area contributed by atoms with Gasteiger partial charge in [-0.2, -0.15) is 0 Å². The van der Waals surface area contributed by atoms with Crippen LogP contribution in [0.1, 0.15) is 12.5 Å². The summed E-state index contributed by atoms with van der Waals surface area (Å²) in [6.07, 6.45) is -0.735. The molecule has 0 aromatic heterocycles. The zero-order valence-electron chi connectivity index (χ0n) is 13.2. The van der Waals surface area contributed by atoms with Gasteiger partial charge in [-0.25, -0.2) is 4.79 Å². The number of benzene rings is 1. The molecule has 7 heteroatoms. The second kappa shape index (κ2) is 7.94. The third-order valence-corrected chi connectivity index (χ3v) is 3.68. The van der Waals surface area contributed by atoms with Crippen molar-refractivity contribution in [3.63, 3.8) is 0 Å². The van der Waals surface area contributed by atoms with Crippen molar-refractivity contribution in [2.24, 2.45) is 0 Å². The maximum Gasteiger partial charge on any atom is 0.328 e. The number of hydrogen-bond donors (Lipinski definition) is 1. The first kappa shape index (κ1) is 17.2. The number of aliphatic carboxylic acids is 1. The predicted octanol–water partition coefficient (Wildman–Crippen LogP) is 0.912. The smallest absolute Gasteiger partial charge is 0.328 e. The number of morpholine rings is 1. The minimum absolute atomic E-state index is 0.00365. The quantitative estimate of drug-likeness (QED) is 0.838. The molecule has 1 amide bonds. The summed E-state index contributed by atoms with van der Waals surface area (Å²) in [7, 11) is 1.58. The summed E-state index contributed by atoms with van der Waals surface area (Å²) in [5.74, 6) is -0.703. The van der Waals surface area contributed by atoms with Gasteiger partial charge in [0.25, 0.3) is 5.91 Å². The highest BCUT2D eigenvalue weighted by molar-refractivity contribution is 5.86. The molecule has 1 aromatic carbocycles. The molecule has 1 aliphatic rings. The van der Waals surface area contributed by atoms with Crippen molar-refractivity contribution in [3.8, 4) is 5.75 Å². The average Bonchev–Trinajstić information content (AvgIpc) is 2.59. The van der Waals surface area contributed by atoms with Crippen LogP contribution in [-0.4, -0.2) is 60.9 Å². The lowest BCUT2D eigenvalue weighted by atomic mass is 10.2. The lowest BCUT2D eigenvalue weighted by Gasteiger charge is -2.34. The minimum atomic E-state index is -1.07. The van der Waals surface area contributed by atoms with E-state index in [-0.39, 0.29) is 25.7 Å². The lowest BCUT2D eigenvalue weighted by molar-refractivity contribution is -0.164. The highest BCUT2D eigenvalue weighted by Crippen LogP contribution is 2.15. The molecule has 7 nitrogen and oxygen atoms in total. The van der Waals surface area contributed by atoms with Gasteiger partial charge in [0, 0.05) is 6.54 Å². The number of amides is 1. The molecule has 0 aliphatic carbocycles. The molecule has 2 atom stereocenters. The molecule has 0 radical (unpaired) electrons. The van der Waals surface area contributed by atoms with Gasteiger partial charge >= 0.3 is 5.97 Å². The summed E-state index contributed by atoms with van der Waals surface area (Å²) >= 11 is 0. The molecule has 2 rings (SSSR count). The summed E-state index contributed by atoms with van der Waals surface area (Å²) in [4.78, 5) is 24.9. The van der Waals surface area contributed by atoms with Gasteiger partial charge in [0.1, 0.15) is 11.9 Å². The Balaban J connectivity index is 1.94. The van der Waals surface area contributed by atoms with E-state index in [9.17, 15) is 14.7 Å². The number of carboxylic acids is 1. The van der Waals surface area contributed by atoms with Crippen molar-refractivity contribution in [2.45, 2.75) is 25.7 Å². The highest BCUT2D eigenvalue weighted by Gasteiger charge is 2.35. The second-order valence-corrected chi connectivity index (χ2v) is 5.27. The number of carbonyl (C=O) groups excluding carboxylic acids is 1. The number of carboxylic acid groups (broad SMARTS) is 1. The molecule has 0 unspecified atom stereocenters. The van der Waals surface area contributed by atoms with Crippen molar-refractivity contribution < 1.29 is 28.9 Å². The van der Waals surface area contributed by atoms with Crippen LogP contribution in [0.15, 0.2) is 24.3 Å². The summed E-state index contributed by atoms with van der Waals surface area (Å²) in [5, 5.41) is 9.18. The molecule has 1 heterocycles. The van der Waals surface area contributed by atoms with Gasteiger partial charge < -0.3 is 24.2 Å². The van der Waals surface area contributed by atoms with Gasteiger partial charge in [-0.1, -0.05) is 12.1 Å². The van der Waals surface area contributed by atoms with Crippen LogP contribution in [0, 0.1) is 0 Å². The molecule has 23 heavy (non-hydrogen) atoms. The van der Waals surface area contributed by atoms with Crippen molar-refractivity contribution >= 4 is 11.9 Å². The fraction of sp³-hybridized carbons (Fsp3) is 0.500. The van der Waals surface area contributed by atoms with Crippen LogP contribution in [0.25, 0.3) is 0 Å². The van der Waals surface area contributed by atoms with E-state index in [4.69, 9.17) is 14.2 Å². The normalized spacial score (nSPS) is 19.2. The molecule has 1 aliphatic heterocycles. The monoisotopic (exact) mass is 323 g/mol. The first-order chi connectivity index (χ1) is 11.0. The standard InChI is InChI=1S/C16H21NO6/c1-11(23-9-12-4-3-5-13(8-12)21-2)15(18)17-6-7-22-10-14(17)16(19)20/h3-5,8,11,14H,6-7,9-10H2,1-2H3,(H,19,20)/t11-,14-/m0/s1. The largest absolute Gasteiger partial charge is 0.497 e. The van der Waals surface area contributed by atoms with Crippen LogP contribution >= 0.6 is 0 Å². The molecule has 0 bridgehead atoms. The molecular weight excluding hydrogens is 302 g/mol. The SMILES string of the molecule is COc1cccc(CO[C@@H](C)C(=O)N2CCOC[C@H]2C(=O)O)c1. The Kier molecular flexibility index (Phi) is 5.95. The van der Waals surface area contributed by atoms with E-state index in [1.807, 2.05) is 24.3 Å². The Morgan fingerprint density at radius 3 is 2.96 bits per heavy atom. The zero-order valence-corrected chi connectivity index (χ0v) is 13.2. The number of nitrogens with zero attached hydrogens (tertiary/aromatic N) is 1. The molecule has 1 N–H and O–H groups in total. The van der Waals surface area contributed by atoms with Gasteiger partial charge in [-0.3, -0.25) is 4.79 Å². The van der Waals surface area contributed by atoms with E-state index >= 15 is 0 Å². The molecule has 1 fully saturated rings. The van der Waals surface area contributed by atoms with E-state index in [2.05, 4.69) is 0 Å². The summed E-state index contributed by atoms with van der Waals surface area (Å²) < 4.78 is 15.9. The van der Waals surface area contributed by atoms with Crippen molar-refractivity contribution in [1.82, 2.24) is 4.90 Å². The first-order valence-corrected chi connectivity index (χ1v) is 7.38. The van der Waals surface area contributed by atoms with Crippen molar-refractivity contribution in [3.05, 3.63) is 29.8 Å². The molecule has 1 aromatic rings. The maximum absolute atomic E-state index is 12.4. The number of carbonyl (C=O) groups is 2. The van der Waals surface area contributed by atoms with Crippen LogP contribution in [0.5, 0.6) is 5.75 Å². The second-order valence-electron chi connectivity index (χ2n) is 5.27. The summed E-state index contributed by atoms with van der Waals surface area (Å²) in [6, 6.07) is 6.40. The topological polar surface area (TPSA) is 85.3 Å². The molecule has 1 saturated heterocycles. The molecular formula is C16H21NO6. The lowest BCUT2D eigenvalue weighted by Crippen LogP contribution is -2.55. The Hall–Kier alpha value is -2.12. The number of hydrogen-bond acceptors (Lipinski definition) is 5. The van der Waals surface area contributed by atoms with Crippen molar-refractivity contribution in [1.29, 1.82) is 0 Å². The fourth-order valence-electron chi connectivity index (χ4n) is 2.36. The Bertz CT molecular complexity index is 561. The average molecular weight is 323 g/mol. The zero-order chi connectivity index (χ0) is 16.8. The van der Waals surface area contributed by atoms with Crippen LogP contribution in [0.4, 0.5) is 0 Å². The summed E-state index contributed by atoms with van der Waals surface area (Å²) in [5.41, 5.74) is 0.876. The number of rotatable bonds is 6. The van der Waals surface area contributed by atoms with Gasteiger partial charge in [-0.05, 0) is 24.6 Å². The summed E-state index contributed by atoms with van der Waals surface area (Å²) in [6.45, 7) is 2.45. The Labute approximate surface area is 134 Å². The Morgan fingerprint density at radius 1 is 1.48 bits per heavy atom. The van der Waals surface area contributed by atoms with E-state index in [1.54, 1.807) is 14.0 Å². The molecule has 0 saturated carbocycles. The van der Waals surface area contributed by atoms with Crippen LogP contribution < -0.4 is 4.74 Å². The predicted molar refractivity (Wildman–Crippen MR) is 81.2 cm³/mol. The van der Waals surface area contributed by atoms with E-state index in [1.165, 1.54) is 4.90 Å². The Morgan fingerprint density at radius 2 is 2.26 bits per heavy atom. The van der Waals surface area contributed by atoms with Gasteiger partial charge in [0.15, 0.2) is 6.04 Å². The van der Waals surface area contributed by atoms with Crippen LogP contribution in [0.2, 0.25) is 0 Å². The molecule has 126 valence electrons. The minimum Gasteiger partial charge on any atom is -0.497 e. The van der Waals surface area contributed by atoms with Crippen molar-refractivity contribution in [2.75, 3.05) is 26.9 Å². The van der Waals surface area contributed by atoms with E-state index in [0.29, 0.717) is 12.4 Å². The molecule has 0 spiro atoms. The fourth-order valence-corrected chi connectivity index (χ4v) is 2.36. The maximum atomic E-state index is 12.4. The third-order valence-electron chi connectivity index (χ3n) is 3.68. The third kappa shape index (κ3) is 4.43. The van der Waals surface area contributed by atoms with E-state index in [0.717, 1.165) is 5.56 Å². The van der Waals surface area contributed by atoms with Gasteiger partial charge in [-0.15, -0.1) is 0 Å². The highest BCUT2D eigenvalue weighted by atomic mass is 16.5. The first-order valence-electron chi connectivity index (χ1n) is 7.38. The van der Waals surface area contributed by atoms with Crippen LogP contribution in [-0.2, 0) is 25.7 Å². The number of ether oxygens (including phenoxy) is 3. The van der Waals surface area contributed by atoms with Gasteiger partial charge in [0.2, 0.25) is 0 Å². The van der Waals surface area contributed by atoms with Crippen LogP contribution in [0.3, 0.4) is 0 Å². The van der Waals surface area contributed by atoms with E-state index < -0.39 is 18.1 Å².